The third-order valence-corrected chi connectivity index (χ3v) is 10.3. The topological polar surface area (TPSA) is 182 Å². The fourth-order valence-corrected chi connectivity index (χ4v) is 7.34. The Hall–Kier alpha value is -5.64. The van der Waals surface area contributed by atoms with Gasteiger partial charge in [0.05, 0.1) is 47.7 Å². The van der Waals surface area contributed by atoms with Crippen LogP contribution in [0.1, 0.15) is 37.2 Å². The number of carbonyl (C=O) groups excluding carboxylic acids is 2. The highest BCUT2D eigenvalue weighted by Gasteiger charge is 2.23. The number of likely N-dealkylation sites (tertiary alicyclic amines) is 2. The summed E-state index contributed by atoms with van der Waals surface area (Å²) in [6.45, 7) is 8.64. The lowest BCUT2D eigenvalue weighted by atomic mass is 10.1. The van der Waals surface area contributed by atoms with E-state index in [0.717, 1.165) is 123 Å². The number of para-hydroxylation sites is 4. The van der Waals surface area contributed by atoms with Gasteiger partial charge in [-0.2, -0.15) is 0 Å². The number of anilines is 2. The van der Waals surface area contributed by atoms with Crippen LogP contribution in [0.4, 0.5) is 11.9 Å². The molecule has 6 heterocycles. The van der Waals surface area contributed by atoms with Crippen molar-refractivity contribution in [1.29, 1.82) is 0 Å². The number of piperidine rings is 2. The molecule has 0 bridgehead atoms. The van der Waals surface area contributed by atoms with E-state index in [1.807, 2.05) is 60.7 Å². The second-order valence-corrected chi connectivity index (χ2v) is 13.8. The number of carbonyl (C=O) groups is 2. The normalized spacial score (nSPS) is 15.6. The fourth-order valence-electron chi connectivity index (χ4n) is 7.34. The molecule has 55 heavy (non-hydrogen) atoms. The van der Waals surface area contributed by atoms with Crippen LogP contribution in [0.15, 0.2) is 94.2 Å². The lowest BCUT2D eigenvalue weighted by Crippen LogP contribution is -2.42. The van der Waals surface area contributed by atoms with E-state index in [4.69, 9.17) is 18.8 Å². The van der Waals surface area contributed by atoms with Gasteiger partial charge < -0.3 is 54.5 Å². The first kappa shape index (κ1) is 39.1. The van der Waals surface area contributed by atoms with Crippen LogP contribution in [0, 0.1) is 0 Å². The van der Waals surface area contributed by atoms with Crippen LogP contribution >= 0.6 is 0 Å². The Morgan fingerprint density at radius 2 is 1.02 bits per heavy atom. The van der Waals surface area contributed by atoms with Gasteiger partial charge in [0.2, 0.25) is 24.7 Å². The summed E-state index contributed by atoms with van der Waals surface area (Å²) in [6.07, 6.45) is 9.18. The molecular weight excluding hydrogens is 701 g/mol. The molecule has 6 aromatic rings. The molecule has 0 saturated carbocycles. The maximum Gasteiger partial charge on any atom is 0.207 e. The largest absolute Gasteiger partial charge is 0.467 e. The summed E-state index contributed by atoms with van der Waals surface area (Å²) < 4.78 is 15.5. The van der Waals surface area contributed by atoms with E-state index in [-0.39, 0.29) is 5.48 Å². The predicted octanol–water partition coefficient (Wildman–Crippen LogP) is 3.78. The molecular formula is C40H52N10O5. The molecule has 2 aromatic carbocycles. The highest BCUT2D eigenvalue weighted by Crippen LogP contribution is 2.25. The number of rotatable bonds is 16. The Bertz CT molecular complexity index is 1880. The minimum Gasteiger partial charge on any atom is -0.467 e. The molecule has 2 aliphatic rings. The SMILES string of the molecule is O.O=CNCCN1CCC(Nc2nc3ccccc3n2Cc2ccco2)CC1.O=CNCCN1CCC(Nc2nc3ccccc3n2Cc2ccco2)CC1. The lowest BCUT2D eigenvalue weighted by molar-refractivity contribution is -0.110. The second kappa shape index (κ2) is 19.6. The van der Waals surface area contributed by atoms with Crippen molar-refractivity contribution in [3.8, 4) is 0 Å². The lowest BCUT2D eigenvalue weighted by Gasteiger charge is -2.32. The van der Waals surface area contributed by atoms with Crippen molar-refractivity contribution in [2.45, 2.75) is 50.9 Å². The first-order valence-corrected chi connectivity index (χ1v) is 18.9. The Morgan fingerprint density at radius 3 is 1.40 bits per heavy atom. The Labute approximate surface area is 320 Å². The van der Waals surface area contributed by atoms with Gasteiger partial charge in [0.25, 0.3) is 0 Å². The first-order valence-electron chi connectivity index (χ1n) is 18.9. The molecule has 4 aromatic heterocycles. The fraction of sp³-hybridized carbons (Fsp3) is 0.400. The average Bonchev–Trinajstić information content (AvgIpc) is 4.03. The van der Waals surface area contributed by atoms with Gasteiger partial charge >= 0.3 is 0 Å². The predicted molar refractivity (Wildman–Crippen MR) is 213 cm³/mol. The maximum atomic E-state index is 10.4. The van der Waals surface area contributed by atoms with Crippen molar-refractivity contribution < 1.29 is 23.9 Å². The van der Waals surface area contributed by atoms with Gasteiger partial charge in [-0.05, 0) is 74.2 Å². The van der Waals surface area contributed by atoms with Crippen molar-refractivity contribution >= 4 is 46.8 Å². The molecule has 2 amide bonds. The number of hydrogen-bond donors (Lipinski definition) is 4. The molecule has 0 radical (unpaired) electrons. The van der Waals surface area contributed by atoms with E-state index in [2.05, 4.69) is 52.3 Å². The zero-order valence-electron chi connectivity index (χ0n) is 31.1. The molecule has 292 valence electrons. The van der Waals surface area contributed by atoms with Gasteiger partial charge in [-0.3, -0.25) is 9.59 Å². The third-order valence-electron chi connectivity index (χ3n) is 10.3. The first-order chi connectivity index (χ1) is 26.7. The number of fused-ring (bicyclic) bond motifs is 2. The minimum atomic E-state index is 0. The molecule has 8 rings (SSSR count). The molecule has 15 heteroatoms. The quantitative estimate of drug-likeness (QED) is 0.0839. The molecule has 2 saturated heterocycles. The molecule has 0 atom stereocenters. The molecule has 2 aliphatic heterocycles. The van der Waals surface area contributed by atoms with E-state index in [0.29, 0.717) is 38.3 Å². The number of nitrogens with one attached hydrogen (secondary N) is 4. The average molecular weight is 753 g/mol. The third kappa shape index (κ3) is 10.3. The monoisotopic (exact) mass is 752 g/mol. The molecule has 15 nitrogen and oxygen atoms in total. The molecule has 0 spiro atoms. The highest BCUT2D eigenvalue weighted by atomic mass is 16.3. The van der Waals surface area contributed by atoms with E-state index >= 15 is 0 Å². The molecule has 6 N–H and O–H groups in total. The number of aromatic nitrogens is 4. The molecule has 0 unspecified atom stereocenters. The Kier molecular flexibility index (Phi) is 13.9. The second-order valence-electron chi connectivity index (χ2n) is 13.8. The summed E-state index contributed by atoms with van der Waals surface area (Å²) in [5, 5.41) is 12.8. The number of furan rings is 2. The highest BCUT2D eigenvalue weighted by molar-refractivity contribution is 5.79. The van der Waals surface area contributed by atoms with E-state index in [1.165, 1.54) is 0 Å². The summed E-state index contributed by atoms with van der Waals surface area (Å²) in [6, 6.07) is 25.0. The zero-order valence-corrected chi connectivity index (χ0v) is 31.1. The standard InChI is InChI=1S/2C20H25N5O2.H2O/c2*26-15-21-9-12-24-10-7-16(8-11-24)22-20-23-18-5-1-2-6-19(18)25(20)14-17-4-3-13-27-17;/h2*1-6,13,15-16H,7-12,14H2,(H,21,26)(H,22,23);1H2. The smallest absolute Gasteiger partial charge is 0.207 e. The molecule has 2 fully saturated rings. The Morgan fingerprint density at radius 1 is 0.600 bits per heavy atom. The molecule has 0 aliphatic carbocycles. The number of benzene rings is 2. The summed E-state index contributed by atoms with van der Waals surface area (Å²) in [5.41, 5.74) is 4.19. The van der Waals surface area contributed by atoms with E-state index < -0.39 is 0 Å². The van der Waals surface area contributed by atoms with Crippen LogP contribution in [-0.2, 0) is 22.7 Å². The Balaban J connectivity index is 0.000000184. The van der Waals surface area contributed by atoms with E-state index in [1.54, 1.807) is 12.5 Å². The van der Waals surface area contributed by atoms with Crippen LogP contribution in [0.2, 0.25) is 0 Å². The van der Waals surface area contributed by atoms with Gasteiger partial charge in [-0.1, -0.05) is 24.3 Å². The zero-order chi connectivity index (χ0) is 37.0. The van der Waals surface area contributed by atoms with Crippen molar-refractivity contribution in [2.75, 3.05) is 63.0 Å². The van der Waals surface area contributed by atoms with Crippen LogP contribution in [0.3, 0.4) is 0 Å². The van der Waals surface area contributed by atoms with E-state index in [9.17, 15) is 9.59 Å². The number of imidazole rings is 2. The summed E-state index contributed by atoms with van der Waals surface area (Å²) in [4.78, 5) is 35.1. The van der Waals surface area contributed by atoms with Crippen molar-refractivity contribution in [1.82, 2.24) is 39.5 Å². The minimum absolute atomic E-state index is 0. The summed E-state index contributed by atoms with van der Waals surface area (Å²) in [5.74, 6) is 3.62. The van der Waals surface area contributed by atoms with Gasteiger partial charge in [-0.25, -0.2) is 9.97 Å². The maximum absolute atomic E-state index is 10.4. The van der Waals surface area contributed by atoms with Crippen molar-refractivity contribution in [3.05, 3.63) is 96.8 Å². The van der Waals surface area contributed by atoms with Gasteiger partial charge in [0, 0.05) is 64.4 Å². The van der Waals surface area contributed by atoms with Gasteiger partial charge in [0.1, 0.15) is 11.5 Å². The number of hydrogen-bond acceptors (Lipinski definition) is 10. The summed E-state index contributed by atoms with van der Waals surface area (Å²) >= 11 is 0. The number of amides is 2. The van der Waals surface area contributed by atoms with Gasteiger partial charge in [0.15, 0.2) is 0 Å². The van der Waals surface area contributed by atoms with Crippen LogP contribution < -0.4 is 21.3 Å². The van der Waals surface area contributed by atoms with Crippen LogP contribution in [0.5, 0.6) is 0 Å². The van der Waals surface area contributed by atoms with Crippen molar-refractivity contribution in [3.63, 3.8) is 0 Å². The van der Waals surface area contributed by atoms with Gasteiger partial charge in [-0.15, -0.1) is 0 Å². The van der Waals surface area contributed by atoms with Crippen LogP contribution in [0.25, 0.3) is 22.1 Å². The van der Waals surface area contributed by atoms with Crippen molar-refractivity contribution in [2.24, 2.45) is 0 Å². The number of nitrogens with zero attached hydrogens (tertiary/aromatic N) is 6. The summed E-state index contributed by atoms with van der Waals surface area (Å²) in [7, 11) is 0. The van der Waals surface area contributed by atoms with Crippen LogP contribution in [-0.4, -0.2) is 112 Å².